The summed E-state index contributed by atoms with van der Waals surface area (Å²) in [5, 5.41) is 3.99. The van der Waals surface area contributed by atoms with Gasteiger partial charge in [0.25, 0.3) is 0 Å². The van der Waals surface area contributed by atoms with E-state index in [0.717, 1.165) is 12.1 Å². The van der Waals surface area contributed by atoms with E-state index in [1.807, 2.05) is 0 Å². The van der Waals surface area contributed by atoms with Crippen LogP contribution >= 0.6 is 0 Å². The van der Waals surface area contributed by atoms with Gasteiger partial charge in [-0.3, -0.25) is 4.79 Å². The third-order valence-corrected chi connectivity index (χ3v) is 4.35. The van der Waals surface area contributed by atoms with Gasteiger partial charge in [0.1, 0.15) is 17.5 Å². The van der Waals surface area contributed by atoms with Crippen LogP contribution in [0.15, 0.2) is 47.6 Å². The number of rotatable bonds is 6. The van der Waals surface area contributed by atoms with Crippen molar-refractivity contribution in [2.24, 2.45) is 5.16 Å². The standard InChI is InChI=1S/C20H19F3N2O2/c1-2-20(26)25(11-14-6-7-16(22)9-18(14)23)12-17-10-19(24-27-17)13-4-3-5-15(21)8-13/h3-9,17H,2,10-12H2,1H3/t17-/m1/s1. The minimum absolute atomic E-state index is 0.00788. The molecule has 1 atom stereocenters. The summed E-state index contributed by atoms with van der Waals surface area (Å²) >= 11 is 0. The van der Waals surface area contributed by atoms with E-state index in [2.05, 4.69) is 5.16 Å². The Bertz CT molecular complexity index is 870. The average Bonchev–Trinajstić information content (AvgIpc) is 3.11. The van der Waals surface area contributed by atoms with Crippen molar-refractivity contribution in [3.8, 4) is 0 Å². The number of carbonyl (C=O) groups excluding carboxylic acids is 1. The highest BCUT2D eigenvalue weighted by Gasteiger charge is 2.27. The Morgan fingerprint density at radius 1 is 1.19 bits per heavy atom. The summed E-state index contributed by atoms with van der Waals surface area (Å²) in [7, 11) is 0. The molecule has 1 aliphatic heterocycles. The molecular formula is C20H19F3N2O2. The van der Waals surface area contributed by atoms with E-state index in [1.165, 1.54) is 23.1 Å². The molecule has 7 heteroatoms. The summed E-state index contributed by atoms with van der Waals surface area (Å²) in [6.45, 7) is 1.92. The fourth-order valence-electron chi connectivity index (χ4n) is 2.94. The lowest BCUT2D eigenvalue weighted by Crippen LogP contribution is -2.37. The van der Waals surface area contributed by atoms with Crippen LogP contribution < -0.4 is 0 Å². The van der Waals surface area contributed by atoms with Gasteiger partial charge in [-0.15, -0.1) is 0 Å². The zero-order chi connectivity index (χ0) is 19.4. The SMILES string of the molecule is CCC(=O)N(Cc1ccc(F)cc1F)C[C@H]1CC(c2cccc(F)c2)=NO1. The third-order valence-electron chi connectivity index (χ3n) is 4.35. The quantitative estimate of drug-likeness (QED) is 0.764. The predicted molar refractivity (Wildman–Crippen MR) is 94.5 cm³/mol. The van der Waals surface area contributed by atoms with Gasteiger partial charge >= 0.3 is 0 Å². The predicted octanol–water partition coefficient (Wildman–Crippen LogP) is 4.04. The van der Waals surface area contributed by atoms with Crippen LogP contribution in [0.3, 0.4) is 0 Å². The summed E-state index contributed by atoms with van der Waals surface area (Å²) in [4.78, 5) is 19.1. The van der Waals surface area contributed by atoms with Crippen LogP contribution in [-0.2, 0) is 16.2 Å². The summed E-state index contributed by atoms with van der Waals surface area (Å²) in [5.74, 6) is -1.92. The van der Waals surface area contributed by atoms with E-state index in [1.54, 1.807) is 19.1 Å². The molecule has 1 heterocycles. The molecule has 2 aromatic carbocycles. The van der Waals surface area contributed by atoms with Crippen LogP contribution in [-0.4, -0.2) is 29.2 Å². The van der Waals surface area contributed by atoms with Crippen LogP contribution in [0.2, 0.25) is 0 Å². The number of nitrogens with zero attached hydrogens (tertiary/aromatic N) is 2. The topological polar surface area (TPSA) is 41.9 Å². The molecule has 27 heavy (non-hydrogen) atoms. The summed E-state index contributed by atoms with van der Waals surface area (Å²) in [6.07, 6.45) is 0.234. The van der Waals surface area contributed by atoms with Crippen LogP contribution in [0.4, 0.5) is 13.2 Å². The molecule has 0 radical (unpaired) electrons. The number of benzene rings is 2. The highest BCUT2D eigenvalue weighted by atomic mass is 19.1. The molecule has 0 saturated heterocycles. The number of hydrogen-bond acceptors (Lipinski definition) is 3. The Morgan fingerprint density at radius 3 is 2.67 bits per heavy atom. The van der Waals surface area contributed by atoms with Crippen molar-refractivity contribution in [3.63, 3.8) is 0 Å². The molecule has 0 bridgehead atoms. The zero-order valence-corrected chi connectivity index (χ0v) is 14.8. The van der Waals surface area contributed by atoms with Crippen molar-refractivity contribution in [2.75, 3.05) is 6.54 Å². The Balaban J connectivity index is 1.68. The molecule has 0 N–H and O–H groups in total. The first-order valence-corrected chi connectivity index (χ1v) is 8.66. The molecule has 0 unspecified atom stereocenters. The number of amides is 1. The second kappa shape index (κ2) is 8.24. The molecule has 0 spiro atoms. The molecule has 0 aliphatic carbocycles. The van der Waals surface area contributed by atoms with E-state index in [-0.39, 0.29) is 36.8 Å². The van der Waals surface area contributed by atoms with Gasteiger partial charge in [0.15, 0.2) is 6.10 Å². The lowest BCUT2D eigenvalue weighted by Gasteiger charge is -2.24. The molecule has 1 aliphatic rings. The summed E-state index contributed by atoms with van der Waals surface area (Å²) in [6, 6.07) is 9.31. The second-order valence-electron chi connectivity index (χ2n) is 6.34. The highest BCUT2D eigenvalue weighted by molar-refractivity contribution is 6.01. The zero-order valence-electron chi connectivity index (χ0n) is 14.8. The molecule has 0 fully saturated rings. The number of hydrogen-bond donors (Lipinski definition) is 0. The van der Waals surface area contributed by atoms with E-state index >= 15 is 0 Å². The maximum absolute atomic E-state index is 13.9. The Morgan fingerprint density at radius 2 is 1.96 bits per heavy atom. The maximum Gasteiger partial charge on any atom is 0.222 e. The minimum atomic E-state index is -0.701. The molecule has 142 valence electrons. The van der Waals surface area contributed by atoms with Gasteiger partial charge in [0.05, 0.1) is 12.3 Å². The monoisotopic (exact) mass is 376 g/mol. The minimum Gasteiger partial charge on any atom is -0.390 e. The van der Waals surface area contributed by atoms with Crippen LogP contribution in [0, 0.1) is 17.5 Å². The van der Waals surface area contributed by atoms with Crippen LogP contribution in [0.1, 0.15) is 30.9 Å². The van der Waals surface area contributed by atoms with Crippen LogP contribution in [0.5, 0.6) is 0 Å². The smallest absolute Gasteiger partial charge is 0.222 e. The molecule has 3 rings (SSSR count). The largest absolute Gasteiger partial charge is 0.390 e. The fraction of sp³-hybridized carbons (Fsp3) is 0.300. The summed E-state index contributed by atoms with van der Waals surface area (Å²) in [5.41, 5.74) is 1.44. The molecule has 2 aromatic rings. The van der Waals surface area contributed by atoms with Gasteiger partial charge in [0, 0.05) is 36.6 Å². The maximum atomic E-state index is 13.9. The first kappa shape index (κ1) is 18.9. The second-order valence-corrected chi connectivity index (χ2v) is 6.34. The van der Waals surface area contributed by atoms with E-state index in [0.29, 0.717) is 17.7 Å². The van der Waals surface area contributed by atoms with Gasteiger partial charge in [-0.2, -0.15) is 0 Å². The number of halogens is 3. The van der Waals surface area contributed by atoms with E-state index in [9.17, 15) is 18.0 Å². The molecule has 0 saturated carbocycles. The molecular weight excluding hydrogens is 357 g/mol. The van der Waals surface area contributed by atoms with Gasteiger partial charge in [0.2, 0.25) is 5.91 Å². The average molecular weight is 376 g/mol. The number of oxime groups is 1. The molecule has 0 aromatic heterocycles. The lowest BCUT2D eigenvalue weighted by molar-refractivity contribution is -0.133. The van der Waals surface area contributed by atoms with Gasteiger partial charge in [-0.25, -0.2) is 13.2 Å². The number of carbonyl (C=O) groups is 1. The van der Waals surface area contributed by atoms with Crippen molar-refractivity contribution in [1.82, 2.24) is 4.90 Å². The Hall–Kier alpha value is -2.83. The fourth-order valence-corrected chi connectivity index (χ4v) is 2.94. The van der Waals surface area contributed by atoms with Gasteiger partial charge < -0.3 is 9.74 Å². The highest BCUT2D eigenvalue weighted by Crippen LogP contribution is 2.20. The Kier molecular flexibility index (Phi) is 5.78. The summed E-state index contributed by atoms with van der Waals surface area (Å²) < 4.78 is 40.4. The molecule has 4 nitrogen and oxygen atoms in total. The lowest BCUT2D eigenvalue weighted by atomic mass is 10.0. The molecule has 1 amide bonds. The first-order valence-electron chi connectivity index (χ1n) is 8.66. The van der Waals surface area contributed by atoms with E-state index < -0.39 is 17.7 Å². The van der Waals surface area contributed by atoms with Crippen molar-refractivity contribution in [3.05, 3.63) is 71.0 Å². The van der Waals surface area contributed by atoms with E-state index in [4.69, 9.17) is 4.84 Å². The van der Waals surface area contributed by atoms with Crippen molar-refractivity contribution in [1.29, 1.82) is 0 Å². The Labute approximate surface area is 155 Å². The van der Waals surface area contributed by atoms with Crippen molar-refractivity contribution in [2.45, 2.75) is 32.4 Å². The van der Waals surface area contributed by atoms with Crippen molar-refractivity contribution < 1.29 is 22.8 Å². The van der Waals surface area contributed by atoms with Crippen molar-refractivity contribution >= 4 is 11.6 Å². The third kappa shape index (κ3) is 4.67. The van der Waals surface area contributed by atoms with Gasteiger partial charge in [-0.05, 0) is 18.2 Å². The van der Waals surface area contributed by atoms with Crippen LogP contribution in [0.25, 0.3) is 0 Å². The first-order chi connectivity index (χ1) is 13.0. The normalized spacial score (nSPS) is 16.0. The van der Waals surface area contributed by atoms with Gasteiger partial charge in [-0.1, -0.05) is 30.3 Å².